The van der Waals surface area contributed by atoms with Crippen LogP contribution in [0.15, 0.2) is 28.9 Å². The summed E-state index contributed by atoms with van der Waals surface area (Å²) >= 11 is 0. The van der Waals surface area contributed by atoms with Crippen molar-refractivity contribution in [1.82, 2.24) is 0 Å². The molecule has 2 nitrogen and oxygen atoms in total. The van der Waals surface area contributed by atoms with Crippen molar-refractivity contribution in [1.29, 1.82) is 0 Å². The topological polar surface area (TPSA) is 38.4 Å². The molecule has 1 heterocycles. The van der Waals surface area contributed by atoms with E-state index >= 15 is 0 Å². The maximum atomic E-state index is 5.57. The number of allylic oxidation sites excluding steroid dienone is 2. The number of dihydropyridines is 1. The van der Waals surface area contributed by atoms with Crippen LogP contribution in [-0.4, -0.2) is 12.3 Å². The molecule has 10 heavy (non-hydrogen) atoms. The summed E-state index contributed by atoms with van der Waals surface area (Å²) in [6, 6.07) is 0.382. The first-order chi connectivity index (χ1) is 4.86. The van der Waals surface area contributed by atoms with E-state index in [1.165, 1.54) is 0 Å². The van der Waals surface area contributed by atoms with Crippen molar-refractivity contribution < 1.29 is 0 Å². The third-order valence-electron chi connectivity index (χ3n) is 1.98. The van der Waals surface area contributed by atoms with Crippen LogP contribution in [0, 0.1) is 5.92 Å². The van der Waals surface area contributed by atoms with Crippen LogP contribution in [0.25, 0.3) is 0 Å². The Kier molecular flexibility index (Phi) is 1.13. The van der Waals surface area contributed by atoms with Gasteiger partial charge in [-0.3, -0.25) is 4.99 Å². The third-order valence-corrected chi connectivity index (χ3v) is 1.98. The molecule has 0 amide bonds. The number of hydrogen-bond acceptors (Lipinski definition) is 2. The predicted octanol–water partition coefficient (Wildman–Crippen LogP) is 0.858. The summed E-state index contributed by atoms with van der Waals surface area (Å²) in [6.07, 6.45) is 9.25. The highest BCUT2D eigenvalue weighted by Gasteiger charge is 2.21. The molecule has 2 aliphatic rings. The number of aliphatic imine (C=N–C) groups is 1. The molecule has 0 fully saturated rings. The molecule has 0 aromatic carbocycles. The Hall–Kier alpha value is -1.05. The van der Waals surface area contributed by atoms with Gasteiger partial charge < -0.3 is 5.73 Å². The summed E-state index contributed by atoms with van der Waals surface area (Å²) in [5.41, 5.74) is 6.38. The minimum atomic E-state index is 0.382. The smallest absolute Gasteiger partial charge is 0.0747 e. The molecule has 0 aromatic heterocycles. The van der Waals surface area contributed by atoms with E-state index in [0.717, 1.165) is 12.1 Å². The zero-order valence-electron chi connectivity index (χ0n) is 5.70. The normalized spacial score (nSPS) is 35.8. The highest BCUT2D eigenvalue weighted by molar-refractivity contribution is 5.78. The Labute approximate surface area is 60.1 Å². The highest BCUT2D eigenvalue weighted by Crippen LogP contribution is 2.25. The summed E-state index contributed by atoms with van der Waals surface area (Å²) in [4.78, 5) is 4.27. The minimum Gasteiger partial charge on any atom is -0.398 e. The molecule has 2 heteroatoms. The van der Waals surface area contributed by atoms with Crippen LogP contribution >= 0.6 is 0 Å². The lowest BCUT2D eigenvalue weighted by Crippen LogP contribution is -2.17. The molecule has 2 atom stereocenters. The fourth-order valence-electron chi connectivity index (χ4n) is 1.45. The average molecular weight is 134 g/mol. The predicted molar refractivity (Wildman–Crippen MR) is 41.8 cm³/mol. The van der Waals surface area contributed by atoms with Gasteiger partial charge in [-0.25, -0.2) is 0 Å². The van der Waals surface area contributed by atoms with Crippen molar-refractivity contribution in [3.63, 3.8) is 0 Å². The van der Waals surface area contributed by atoms with Gasteiger partial charge in [-0.2, -0.15) is 0 Å². The van der Waals surface area contributed by atoms with Crippen LogP contribution in [0.2, 0.25) is 0 Å². The number of fused-ring (bicyclic) bond motifs is 1. The van der Waals surface area contributed by atoms with Gasteiger partial charge in [0.05, 0.1) is 6.04 Å². The third kappa shape index (κ3) is 0.764. The van der Waals surface area contributed by atoms with E-state index in [1.807, 2.05) is 0 Å². The molecule has 0 bridgehead atoms. The van der Waals surface area contributed by atoms with Crippen LogP contribution in [0.3, 0.4) is 0 Å². The number of rotatable bonds is 0. The molecule has 52 valence electrons. The first kappa shape index (κ1) is 5.71. The van der Waals surface area contributed by atoms with Crippen molar-refractivity contribution >= 4 is 6.21 Å². The summed E-state index contributed by atoms with van der Waals surface area (Å²) < 4.78 is 0. The second kappa shape index (κ2) is 1.97. The fraction of sp³-hybridized carbons (Fsp3) is 0.375. The summed E-state index contributed by atoms with van der Waals surface area (Å²) in [7, 11) is 0. The van der Waals surface area contributed by atoms with Crippen LogP contribution < -0.4 is 5.73 Å². The molecular formula is C8H10N2. The van der Waals surface area contributed by atoms with Gasteiger partial charge in [0.1, 0.15) is 0 Å². The molecule has 0 radical (unpaired) electrons. The molecule has 0 spiro atoms. The lowest BCUT2D eigenvalue weighted by molar-refractivity contribution is 0.614. The lowest BCUT2D eigenvalue weighted by Gasteiger charge is -2.15. The molecule has 2 unspecified atom stereocenters. The SMILES string of the molecule is NC1=CC2CC=CC2N=C1. The Morgan fingerprint density at radius 3 is 3.40 bits per heavy atom. The molecule has 1 aliphatic heterocycles. The van der Waals surface area contributed by atoms with Gasteiger partial charge in [-0.1, -0.05) is 18.2 Å². The van der Waals surface area contributed by atoms with E-state index < -0.39 is 0 Å². The Morgan fingerprint density at radius 1 is 1.60 bits per heavy atom. The minimum absolute atomic E-state index is 0.382. The maximum Gasteiger partial charge on any atom is 0.0747 e. The molecule has 2 N–H and O–H groups in total. The lowest BCUT2D eigenvalue weighted by atomic mass is 10.00. The van der Waals surface area contributed by atoms with Crippen molar-refractivity contribution in [3.05, 3.63) is 23.9 Å². The first-order valence-electron chi connectivity index (χ1n) is 3.53. The fourth-order valence-corrected chi connectivity index (χ4v) is 1.45. The summed E-state index contributed by atoms with van der Waals surface area (Å²) in [6.45, 7) is 0. The second-order valence-electron chi connectivity index (χ2n) is 2.76. The Bertz CT molecular complexity index is 225. The summed E-state index contributed by atoms with van der Waals surface area (Å²) in [5, 5.41) is 0. The number of hydrogen-bond donors (Lipinski definition) is 1. The Morgan fingerprint density at radius 2 is 2.50 bits per heavy atom. The maximum absolute atomic E-state index is 5.57. The zero-order chi connectivity index (χ0) is 6.97. The quantitative estimate of drug-likeness (QED) is 0.490. The molecular weight excluding hydrogens is 124 g/mol. The monoisotopic (exact) mass is 134 g/mol. The largest absolute Gasteiger partial charge is 0.398 e. The van der Waals surface area contributed by atoms with E-state index in [1.54, 1.807) is 6.21 Å². The first-order valence-corrected chi connectivity index (χ1v) is 3.53. The second-order valence-corrected chi connectivity index (χ2v) is 2.76. The van der Waals surface area contributed by atoms with Gasteiger partial charge >= 0.3 is 0 Å². The Balaban J connectivity index is 2.25. The van der Waals surface area contributed by atoms with Crippen LogP contribution in [0.4, 0.5) is 0 Å². The molecule has 0 aromatic rings. The van der Waals surface area contributed by atoms with Crippen LogP contribution in [-0.2, 0) is 0 Å². The van der Waals surface area contributed by atoms with Gasteiger partial charge in [-0.05, 0) is 6.42 Å². The molecule has 0 saturated carbocycles. The van der Waals surface area contributed by atoms with Crippen molar-refractivity contribution in [3.8, 4) is 0 Å². The van der Waals surface area contributed by atoms with Gasteiger partial charge in [0.25, 0.3) is 0 Å². The standard InChI is InChI=1S/C8H10N2/c9-7-4-6-2-1-3-8(6)10-5-7/h1,3-6,8H,2,9H2. The van der Waals surface area contributed by atoms with Crippen LogP contribution in [0.5, 0.6) is 0 Å². The van der Waals surface area contributed by atoms with Crippen molar-refractivity contribution in [2.75, 3.05) is 0 Å². The average Bonchev–Trinajstić information content (AvgIpc) is 2.33. The summed E-state index contributed by atoms with van der Waals surface area (Å²) in [5.74, 6) is 0.546. The van der Waals surface area contributed by atoms with Crippen molar-refractivity contribution in [2.45, 2.75) is 12.5 Å². The van der Waals surface area contributed by atoms with E-state index in [4.69, 9.17) is 5.73 Å². The van der Waals surface area contributed by atoms with E-state index in [9.17, 15) is 0 Å². The number of nitrogens with two attached hydrogens (primary N) is 1. The van der Waals surface area contributed by atoms with E-state index in [0.29, 0.717) is 12.0 Å². The zero-order valence-corrected chi connectivity index (χ0v) is 5.70. The van der Waals surface area contributed by atoms with Crippen LogP contribution in [0.1, 0.15) is 6.42 Å². The van der Waals surface area contributed by atoms with Gasteiger partial charge in [-0.15, -0.1) is 0 Å². The van der Waals surface area contributed by atoms with Gasteiger partial charge in [0, 0.05) is 17.8 Å². The number of nitrogens with zero attached hydrogens (tertiary/aromatic N) is 1. The molecule has 2 rings (SSSR count). The van der Waals surface area contributed by atoms with Gasteiger partial charge in [0.2, 0.25) is 0 Å². The molecule has 1 aliphatic carbocycles. The van der Waals surface area contributed by atoms with Crippen molar-refractivity contribution in [2.24, 2.45) is 16.6 Å². The van der Waals surface area contributed by atoms with E-state index in [2.05, 4.69) is 23.2 Å². The molecule has 0 saturated heterocycles. The highest BCUT2D eigenvalue weighted by atomic mass is 14.8. The van der Waals surface area contributed by atoms with Gasteiger partial charge in [0.15, 0.2) is 0 Å². The van der Waals surface area contributed by atoms with E-state index in [-0.39, 0.29) is 0 Å².